The molecule has 1 aromatic heterocycles. The zero-order valence-electron chi connectivity index (χ0n) is 21.8. The molecule has 7 heteroatoms. The van der Waals surface area contributed by atoms with Gasteiger partial charge in [-0.1, -0.05) is 43.5 Å². The fourth-order valence-corrected chi connectivity index (χ4v) is 4.12. The van der Waals surface area contributed by atoms with Gasteiger partial charge in [0.1, 0.15) is 5.82 Å². The number of nitrogens with one attached hydrogen (secondary N) is 2. The van der Waals surface area contributed by atoms with Crippen molar-refractivity contribution in [3.8, 4) is 11.4 Å². The van der Waals surface area contributed by atoms with E-state index in [2.05, 4.69) is 40.9 Å². The van der Waals surface area contributed by atoms with Gasteiger partial charge in [-0.15, -0.1) is 0 Å². The van der Waals surface area contributed by atoms with Crippen LogP contribution in [0.15, 0.2) is 78.7 Å². The third-order valence-electron chi connectivity index (χ3n) is 5.89. The number of benzene rings is 1. The SMILES string of the molecule is C=C/C(=C\N(C)C)c1cccc(-c2ncc(C(/C=C\C)=NC(=C)C)c(NC[C@H]3CCNC[C@H]3O)n2)c1. The van der Waals surface area contributed by atoms with E-state index in [1.165, 1.54) is 0 Å². The van der Waals surface area contributed by atoms with Crippen LogP contribution in [0.5, 0.6) is 0 Å². The Bertz CT molecular complexity index is 1160. The van der Waals surface area contributed by atoms with Gasteiger partial charge in [0.25, 0.3) is 0 Å². The number of aliphatic imine (C=N–C) groups is 1. The third-order valence-corrected chi connectivity index (χ3v) is 5.89. The molecule has 2 atom stereocenters. The summed E-state index contributed by atoms with van der Waals surface area (Å²) < 4.78 is 0. The average molecular weight is 487 g/mol. The van der Waals surface area contributed by atoms with Crippen LogP contribution >= 0.6 is 0 Å². The van der Waals surface area contributed by atoms with Gasteiger partial charge in [0.2, 0.25) is 0 Å². The van der Waals surface area contributed by atoms with Crippen LogP contribution in [0.2, 0.25) is 0 Å². The molecule has 1 aliphatic rings. The second-order valence-electron chi connectivity index (χ2n) is 9.22. The second-order valence-corrected chi connectivity index (χ2v) is 9.22. The van der Waals surface area contributed by atoms with Crippen molar-refractivity contribution in [2.24, 2.45) is 10.9 Å². The minimum Gasteiger partial charge on any atom is -0.391 e. The highest BCUT2D eigenvalue weighted by molar-refractivity contribution is 6.12. The average Bonchev–Trinajstić information content (AvgIpc) is 2.86. The first-order chi connectivity index (χ1) is 17.3. The smallest absolute Gasteiger partial charge is 0.161 e. The van der Waals surface area contributed by atoms with Crippen LogP contribution in [0.25, 0.3) is 17.0 Å². The normalized spacial score (nSPS) is 18.8. The van der Waals surface area contributed by atoms with E-state index < -0.39 is 6.10 Å². The predicted octanol–water partition coefficient (Wildman–Crippen LogP) is 4.51. The molecule has 190 valence electrons. The number of anilines is 1. The molecule has 0 aliphatic carbocycles. The number of allylic oxidation sites excluding steroid dienone is 5. The number of aromatic nitrogens is 2. The van der Waals surface area contributed by atoms with Gasteiger partial charge in [-0.3, -0.25) is 4.99 Å². The molecular weight excluding hydrogens is 448 g/mol. The molecule has 7 nitrogen and oxygen atoms in total. The lowest BCUT2D eigenvalue weighted by Crippen LogP contribution is -2.43. The minimum absolute atomic E-state index is 0.135. The molecule has 1 saturated heterocycles. The molecule has 0 amide bonds. The van der Waals surface area contributed by atoms with Crippen molar-refractivity contribution in [1.82, 2.24) is 20.2 Å². The Morgan fingerprint density at radius 2 is 2.17 bits per heavy atom. The highest BCUT2D eigenvalue weighted by Crippen LogP contribution is 2.26. The van der Waals surface area contributed by atoms with E-state index in [0.29, 0.717) is 30.4 Å². The van der Waals surface area contributed by atoms with Crippen LogP contribution in [-0.4, -0.2) is 65.5 Å². The minimum atomic E-state index is -0.396. The van der Waals surface area contributed by atoms with Crippen LogP contribution in [-0.2, 0) is 0 Å². The van der Waals surface area contributed by atoms with Crippen molar-refractivity contribution in [3.63, 3.8) is 0 Å². The maximum absolute atomic E-state index is 10.4. The largest absolute Gasteiger partial charge is 0.391 e. The number of hydrogen-bond acceptors (Lipinski definition) is 7. The maximum Gasteiger partial charge on any atom is 0.161 e. The molecule has 1 aromatic carbocycles. The first-order valence-corrected chi connectivity index (χ1v) is 12.3. The van der Waals surface area contributed by atoms with Crippen molar-refractivity contribution < 1.29 is 5.11 Å². The summed E-state index contributed by atoms with van der Waals surface area (Å²) in [7, 11) is 3.97. The van der Waals surface area contributed by atoms with Crippen LogP contribution in [0.1, 0.15) is 31.4 Å². The van der Waals surface area contributed by atoms with Gasteiger partial charge >= 0.3 is 0 Å². The van der Waals surface area contributed by atoms with E-state index in [4.69, 9.17) is 9.97 Å². The van der Waals surface area contributed by atoms with Gasteiger partial charge in [0.15, 0.2) is 5.82 Å². The third kappa shape index (κ3) is 7.23. The summed E-state index contributed by atoms with van der Waals surface area (Å²) in [6.07, 6.45) is 10.1. The number of rotatable bonds is 10. The first-order valence-electron chi connectivity index (χ1n) is 12.3. The van der Waals surface area contributed by atoms with Crippen molar-refractivity contribution in [2.75, 3.05) is 39.0 Å². The van der Waals surface area contributed by atoms with Gasteiger partial charge in [-0.2, -0.15) is 0 Å². The summed E-state index contributed by atoms with van der Waals surface area (Å²) in [6, 6.07) is 8.13. The summed E-state index contributed by atoms with van der Waals surface area (Å²) in [6.45, 7) is 13.8. The van der Waals surface area contributed by atoms with Crippen molar-refractivity contribution in [1.29, 1.82) is 0 Å². The molecule has 0 spiro atoms. The van der Waals surface area contributed by atoms with E-state index in [0.717, 1.165) is 40.9 Å². The topological polar surface area (TPSA) is 85.7 Å². The fraction of sp³-hybridized carbons (Fsp3) is 0.345. The fourth-order valence-electron chi connectivity index (χ4n) is 4.12. The summed E-state index contributed by atoms with van der Waals surface area (Å²) in [5, 5.41) is 17.2. The highest BCUT2D eigenvalue weighted by atomic mass is 16.3. The molecule has 3 N–H and O–H groups in total. The molecule has 36 heavy (non-hydrogen) atoms. The second kappa shape index (κ2) is 13.0. The molecule has 0 bridgehead atoms. The van der Waals surface area contributed by atoms with Gasteiger partial charge in [0, 0.05) is 56.8 Å². The number of β-amino-alcohol motifs (C(OH)–C–C–N with tert-alkyl or cyclic N) is 1. The Morgan fingerprint density at radius 1 is 1.36 bits per heavy atom. The lowest BCUT2D eigenvalue weighted by molar-refractivity contribution is 0.0883. The molecule has 1 aliphatic heterocycles. The molecule has 1 fully saturated rings. The quantitative estimate of drug-likeness (QED) is 0.338. The summed E-state index contributed by atoms with van der Waals surface area (Å²) in [5.41, 5.74) is 5.18. The summed E-state index contributed by atoms with van der Waals surface area (Å²) in [5.74, 6) is 1.43. The van der Waals surface area contributed by atoms with Gasteiger partial charge in [0.05, 0.1) is 17.4 Å². The Balaban J connectivity index is 2.04. The molecule has 3 rings (SSSR count). The monoisotopic (exact) mass is 486 g/mol. The number of aliphatic hydroxyl groups excluding tert-OH is 1. The van der Waals surface area contributed by atoms with Crippen LogP contribution < -0.4 is 10.6 Å². The zero-order valence-corrected chi connectivity index (χ0v) is 21.8. The number of hydrogen-bond donors (Lipinski definition) is 3. The van der Waals surface area contributed by atoms with E-state index in [-0.39, 0.29) is 5.92 Å². The zero-order chi connectivity index (χ0) is 26.1. The lowest BCUT2D eigenvalue weighted by atomic mass is 9.95. The van der Waals surface area contributed by atoms with E-state index in [1.807, 2.05) is 75.6 Å². The molecule has 0 saturated carbocycles. The Kier molecular flexibility index (Phi) is 9.73. The number of aliphatic hydroxyl groups is 1. The standard InChI is InChI=1S/C29H38N6O/c1-7-10-26(33-20(3)4)25-17-32-28(34-29(25)31-16-24-13-14-30-18-27(24)36)23-12-9-11-22(15-23)21(8-2)19-35(5)6/h7-12,15,17,19,24,27,30,36H,2-3,13-14,16,18H2,1,4-6H3,(H,31,32,34)/b10-7-,21-19+,33-26?/t24-,27-/m1/s1. The van der Waals surface area contributed by atoms with Crippen LogP contribution in [0.4, 0.5) is 5.82 Å². The number of piperidine rings is 1. The van der Waals surface area contributed by atoms with E-state index in [9.17, 15) is 5.11 Å². The van der Waals surface area contributed by atoms with Crippen molar-refractivity contribution >= 4 is 17.1 Å². The van der Waals surface area contributed by atoms with Gasteiger partial charge < -0.3 is 20.6 Å². The van der Waals surface area contributed by atoms with Crippen LogP contribution in [0.3, 0.4) is 0 Å². The van der Waals surface area contributed by atoms with Crippen LogP contribution in [0, 0.1) is 5.92 Å². The molecule has 2 heterocycles. The van der Waals surface area contributed by atoms with Crippen molar-refractivity contribution in [3.05, 3.63) is 84.9 Å². The van der Waals surface area contributed by atoms with E-state index >= 15 is 0 Å². The van der Waals surface area contributed by atoms with Gasteiger partial charge in [-0.25, -0.2) is 9.97 Å². The Hall–Kier alpha value is -3.55. The van der Waals surface area contributed by atoms with E-state index in [1.54, 1.807) is 0 Å². The molecule has 2 aromatic rings. The lowest BCUT2D eigenvalue weighted by Gasteiger charge is -2.28. The highest BCUT2D eigenvalue weighted by Gasteiger charge is 2.23. The number of nitrogens with zero attached hydrogens (tertiary/aromatic N) is 4. The summed E-state index contributed by atoms with van der Waals surface area (Å²) >= 11 is 0. The van der Waals surface area contributed by atoms with Crippen molar-refractivity contribution in [2.45, 2.75) is 26.4 Å². The van der Waals surface area contributed by atoms with Gasteiger partial charge in [-0.05, 0) is 50.1 Å². The molecule has 0 unspecified atom stereocenters. The Morgan fingerprint density at radius 3 is 2.83 bits per heavy atom. The maximum atomic E-state index is 10.4. The predicted molar refractivity (Wildman–Crippen MR) is 151 cm³/mol. The molecular formula is C29H38N6O. The summed E-state index contributed by atoms with van der Waals surface area (Å²) in [4.78, 5) is 16.3. The molecule has 0 radical (unpaired) electrons. The Labute approximate surface area is 215 Å². The first kappa shape index (κ1) is 27.0.